The lowest BCUT2D eigenvalue weighted by Gasteiger charge is -2.11. The van der Waals surface area contributed by atoms with Crippen molar-refractivity contribution in [1.29, 1.82) is 0 Å². The van der Waals surface area contributed by atoms with Gasteiger partial charge in [-0.05, 0) is 12.5 Å². The number of hydrogen-bond acceptors (Lipinski definition) is 4. The highest BCUT2D eigenvalue weighted by molar-refractivity contribution is 7.93. The molecule has 1 unspecified atom stereocenters. The summed E-state index contributed by atoms with van der Waals surface area (Å²) < 4.78 is 23.6. The van der Waals surface area contributed by atoms with Gasteiger partial charge < -0.3 is 0 Å². The molecule has 0 saturated carbocycles. The topological polar surface area (TPSA) is 77.3 Å². The first-order valence-electron chi connectivity index (χ1n) is 7.52. The van der Waals surface area contributed by atoms with E-state index in [1.54, 1.807) is 0 Å². The number of hydrogen-bond donors (Lipinski definition) is 0. The molecule has 1 atom stereocenters. The van der Waals surface area contributed by atoms with Gasteiger partial charge in [-0.15, -0.1) is 11.6 Å². The molecule has 0 radical (unpaired) electrons. The zero-order valence-electron chi connectivity index (χ0n) is 12.7. The van der Waals surface area contributed by atoms with Crippen LogP contribution in [-0.2, 0) is 9.84 Å². The summed E-state index contributed by atoms with van der Waals surface area (Å²) in [6, 6.07) is 5.33. The molecule has 0 aromatic heterocycles. The van der Waals surface area contributed by atoms with Gasteiger partial charge in [0.05, 0.1) is 4.92 Å². The van der Waals surface area contributed by atoms with Crippen molar-refractivity contribution in [2.24, 2.45) is 0 Å². The lowest BCUT2D eigenvalue weighted by molar-refractivity contribution is -0.387. The molecule has 7 heteroatoms. The van der Waals surface area contributed by atoms with Crippen molar-refractivity contribution in [1.82, 2.24) is 0 Å². The molecule has 0 spiro atoms. The number of benzene rings is 1. The Balaban J connectivity index is 2.68. The van der Waals surface area contributed by atoms with E-state index in [-0.39, 0.29) is 4.90 Å². The van der Waals surface area contributed by atoms with Crippen LogP contribution in [0.25, 0.3) is 0 Å². The number of alkyl halides is 1. The van der Waals surface area contributed by atoms with Crippen LogP contribution in [0.2, 0.25) is 0 Å². The van der Waals surface area contributed by atoms with E-state index in [0.717, 1.165) is 25.7 Å². The standard InChI is InChI=1S/C15H22ClNO4S/c1-2-3-4-5-6-7-12-15(16)22(20,21)14-11-9-8-10-13(14)17(18)19/h8-11,15H,2-7,12H2,1H3. The third-order valence-corrected chi connectivity index (χ3v) is 6.28. The van der Waals surface area contributed by atoms with Crippen molar-refractivity contribution in [2.45, 2.75) is 61.5 Å². The van der Waals surface area contributed by atoms with Crippen molar-refractivity contribution in [2.75, 3.05) is 0 Å². The minimum atomic E-state index is -3.89. The molecule has 22 heavy (non-hydrogen) atoms. The van der Waals surface area contributed by atoms with Crippen LogP contribution < -0.4 is 0 Å². The molecule has 0 fully saturated rings. The van der Waals surface area contributed by atoms with Crippen molar-refractivity contribution in [3.63, 3.8) is 0 Å². The molecule has 0 aliphatic carbocycles. The Morgan fingerprint density at radius 1 is 1.14 bits per heavy atom. The van der Waals surface area contributed by atoms with Gasteiger partial charge in [-0.2, -0.15) is 0 Å². The van der Waals surface area contributed by atoms with E-state index in [9.17, 15) is 18.5 Å². The van der Waals surface area contributed by atoms with Gasteiger partial charge >= 0.3 is 0 Å². The van der Waals surface area contributed by atoms with E-state index >= 15 is 0 Å². The number of nitro groups is 1. The number of para-hydroxylation sites is 1. The molecule has 1 aromatic rings. The number of nitrogens with zero attached hydrogens (tertiary/aromatic N) is 1. The fourth-order valence-corrected chi connectivity index (χ4v) is 4.12. The highest BCUT2D eigenvalue weighted by Gasteiger charge is 2.31. The molecule has 1 aromatic carbocycles. The fraction of sp³-hybridized carbons (Fsp3) is 0.600. The second-order valence-electron chi connectivity index (χ2n) is 5.24. The smallest absolute Gasteiger partial charge is 0.258 e. The Hall–Kier alpha value is -1.14. The maximum absolute atomic E-state index is 12.4. The molecule has 0 aliphatic heterocycles. The second-order valence-corrected chi connectivity index (χ2v) is 8.12. The summed E-state index contributed by atoms with van der Waals surface area (Å²) in [5.41, 5.74) is -0.420. The van der Waals surface area contributed by atoms with E-state index < -0.39 is 25.2 Å². The van der Waals surface area contributed by atoms with Gasteiger partial charge in [-0.3, -0.25) is 10.1 Å². The van der Waals surface area contributed by atoms with Crippen LogP contribution in [0.5, 0.6) is 0 Å². The Morgan fingerprint density at radius 2 is 1.73 bits per heavy atom. The first-order chi connectivity index (χ1) is 10.4. The van der Waals surface area contributed by atoms with Crippen LogP contribution in [0.3, 0.4) is 0 Å². The summed E-state index contributed by atoms with van der Waals surface area (Å²) in [5.74, 6) is 0. The van der Waals surface area contributed by atoms with Crippen molar-refractivity contribution in [3.8, 4) is 0 Å². The van der Waals surface area contributed by atoms with Gasteiger partial charge in [0.2, 0.25) is 9.84 Å². The van der Waals surface area contributed by atoms with Gasteiger partial charge in [0.1, 0.15) is 9.60 Å². The summed E-state index contributed by atoms with van der Waals surface area (Å²) in [7, 11) is -3.89. The second kappa shape index (κ2) is 9.10. The van der Waals surface area contributed by atoms with Crippen molar-refractivity contribution in [3.05, 3.63) is 34.4 Å². The van der Waals surface area contributed by atoms with E-state index in [0.29, 0.717) is 12.8 Å². The minimum Gasteiger partial charge on any atom is -0.258 e. The highest BCUT2D eigenvalue weighted by Crippen LogP contribution is 2.30. The molecule has 5 nitrogen and oxygen atoms in total. The van der Waals surface area contributed by atoms with E-state index in [4.69, 9.17) is 11.6 Å². The van der Waals surface area contributed by atoms with Gasteiger partial charge in [-0.25, -0.2) is 8.42 Å². The van der Waals surface area contributed by atoms with Gasteiger partial charge in [0.25, 0.3) is 5.69 Å². The Morgan fingerprint density at radius 3 is 2.36 bits per heavy atom. The zero-order chi connectivity index (χ0) is 16.6. The number of unbranched alkanes of at least 4 members (excludes halogenated alkanes) is 5. The maximum Gasteiger partial charge on any atom is 0.288 e. The maximum atomic E-state index is 12.4. The fourth-order valence-electron chi connectivity index (χ4n) is 2.23. The van der Waals surface area contributed by atoms with Gasteiger partial charge in [0, 0.05) is 6.07 Å². The average molecular weight is 348 g/mol. The summed E-state index contributed by atoms with van der Waals surface area (Å²) in [5, 5.41) is 10.9. The lowest BCUT2D eigenvalue weighted by Crippen LogP contribution is -2.17. The molecular weight excluding hydrogens is 326 g/mol. The van der Waals surface area contributed by atoms with Crippen molar-refractivity contribution < 1.29 is 13.3 Å². The van der Waals surface area contributed by atoms with E-state index in [2.05, 4.69) is 6.92 Å². The molecule has 0 heterocycles. The zero-order valence-corrected chi connectivity index (χ0v) is 14.3. The third kappa shape index (κ3) is 5.25. The summed E-state index contributed by atoms with van der Waals surface area (Å²) in [6.45, 7) is 2.13. The van der Waals surface area contributed by atoms with E-state index in [1.165, 1.54) is 30.7 Å². The SMILES string of the molecule is CCCCCCCCC(Cl)S(=O)(=O)c1ccccc1[N+](=O)[O-]. The molecule has 124 valence electrons. The van der Waals surface area contributed by atoms with Gasteiger partial charge in [-0.1, -0.05) is 57.6 Å². The number of nitro benzene ring substituents is 1. The number of rotatable bonds is 10. The Kier molecular flexibility index (Phi) is 7.82. The molecule has 1 rings (SSSR count). The minimum absolute atomic E-state index is 0.300. The highest BCUT2D eigenvalue weighted by atomic mass is 35.5. The first-order valence-corrected chi connectivity index (χ1v) is 9.51. The normalized spacial score (nSPS) is 13.0. The van der Waals surface area contributed by atoms with Crippen LogP contribution >= 0.6 is 11.6 Å². The number of halogens is 1. The van der Waals surface area contributed by atoms with Crippen LogP contribution in [0.1, 0.15) is 51.9 Å². The Bertz CT molecular complexity index is 589. The summed E-state index contributed by atoms with van der Waals surface area (Å²) >= 11 is 6.01. The molecule has 0 aliphatic rings. The quantitative estimate of drug-likeness (QED) is 0.266. The van der Waals surface area contributed by atoms with Crippen LogP contribution in [0.15, 0.2) is 29.2 Å². The van der Waals surface area contributed by atoms with Crippen LogP contribution in [0, 0.1) is 10.1 Å². The first kappa shape index (κ1) is 18.9. The predicted molar refractivity (Wildman–Crippen MR) is 87.9 cm³/mol. The summed E-state index contributed by atoms with van der Waals surface area (Å²) in [6.07, 6.45) is 6.47. The number of sulfone groups is 1. The molecule has 0 saturated heterocycles. The Labute approximate surface area is 136 Å². The third-order valence-electron chi connectivity index (χ3n) is 3.49. The molecule has 0 amide bonds. The van der Waals surface area contributed by atoms with Gasteiger partial charge in [0.15, 0.2) is 0 Å². The van der Waals surface area contributed by atoms with Crippen LogP contribution in [-0.4, -0.2) is 18.1 Å². The monoisotopic (exact) mass is 347 g/mol. The molecule has 0 N–H and O–H groups in total. The lowest BCUT2D eigenvalue weighted by atomic mass is 10.1. The average Bonchev–Trinajstić information content (AvgIpc) is 2.50. The largest absolute Gasteiger partial charge is 0.288 e. The summed E-state index contributed by atoms with van der Waals surface area (Å²) in [4.78, 5) is 9.96. The van der Waals surface area contributed by atoms with E-state index in [1.807, 2.05) is 0 Å². The predicted octanol–water partition coefficient (Wildman–Crippen LogP) is 4.68. The van der Waals surface area contributed by atoms with Crippen LogP contribution in [0.4, 0.5) is 5.69 Å². The van der Waals surface area contributed by atoms with Crippen molar-refractivity contribution >= 4 is 27.1 Å². The molecular formula is C15H22ClNO4S. The molecule has 0 bridgehead atoms.